The third-order valence-corrected chi connectivity index (χ3v) is 1.35. The third-order valence-electron chi connectivity index (χ3n) is 1.35. The zero-order valence-electron chi connectivity index (χ0n) is 7.18. The molecule has 0 aromatic carbocycles. The number of rotatable bonds is 3. The van der Waals surface area contributed by atoms with E-state index in [2.05, 4.69) is 24.2 Å². The average Bonchev–Trinajstić information content (AvgIpc) is 1.88. The van der Waals surface area contributed by atoms with Crippen LogP contribution in [0.15, 0.2) is 17.4 Å². The quantitative estimate of drug-likeness (QED) is 0.594. The molecule has 0 radical (unpaired) electrons. The molecule has 58 valence electrons. The van der Waals surface area contributed by atoms with Crippen LogP contribution < -0.4 is 5.32 Å². The van der Waals surface area contributed by atoms with E-state index in [1.54, 1.807) is 6.20 Å². The van der Waals surface area contributed by atoms with Crippen molar-refractivity contribution >= 4 is 5.71 Å². The van der Waals surface area contributed by atoms with E-state index in [1.807, 2.05) is 20.2 Å². The summed E-state index contributed by atoms with van der Waals surface area (Å²) in [6.45, 7) is 6.29. The van der Waals surface area contributed by atoms with Crippen molar-refractivity contribution in [1.29, 1.82) is 0 Å². The molecule has 2 heteroatoms. The van der Waals surface area contributed by atoms with Crippen molar-refractivity contribution in [2.75, 3.05) is 7.05 Å². The van der Waals surface area contributed by atoms with Gasteiger partial charge in [-0.15, -0.1) is 0 Å². The average molecular weight is 140 g/mol. The van der Waals surface area contributed by atoms with Crippen molar-refractivity contribution in [1.82, 2.24) is 5.32 Å². The standard InChI is InChI=1S/C8H16N2/c1-7(2)8(3)10-6-5-9-4/h5-7,9H,1-4H3/b6-5-,10-8+. The number of hydrogen-bond acceptors (Lipinski definition) is 2. The summed E-state index contributed by atoms with van der Waals surface area (Å²) in [5.74, 6) is 0.543. The highest BCUT2D eigenvalue weighted by Crippen LogP contribution is 1.95. The second-order valence-corrected chi connectivity index (χ2v) is 2.53. The van der Waals surface area contributed by atoms with Crippen molar-refractivity contribution < 1.29 is 0 Å². The van der Waals surface area contributed by atoms with E-state index in [4.69, 9.17) is 0 Å². The molecule has 0 aliphatic carbocycles. The van der Waals surface area contributed by atoms with E-state index in [-0.39, 0.29) is 0 Å². The normalized spacial score (nSPS) is 13.1. The lowest BCUT2D eigenvalue weighted by Crippen LogP contribution is -2.00. The molecule has 0 bridgehead atoms. The van der Waals surface area contributed by atoms with Crippen LogP contribution in [-0.2, 0) is 0 Å². The molecule has 0 aromatic rings. The van der Waals surface area contributed by atoms with E-state index in [9.17, 15) is 0 Å². The minimum Gasteiger partial charge on any atom is -0.393 e. The molecule has 0 saturated carbocycles. The van der Waals surface area contributed by atoms with Gasteiger partial charge in [0, 0.05) is 25.2 Å². The van der Waals surface area contributed by atoms with Crippen molar-refractivity contribution in [2.45, 2.75) is 20.8 Å². The maximum Gasteiger partial charge on any atom is 0.0423 e. The van der Waals surface area contributed by atoms with Crippen molar-refractivity contribution in [3.63, 3.8) is 0 Å². The number of aliphatic imine (C=N–C) groups is 1. The highest BCUT2D eigenvalue weighted by atomic mass is 14.8. The Morgan fingerprint density at radius 1 is 1.50 bits per heavy atom. The molecule has 0 saturated heterocycles. The van der Waals surface area contributed by atoms with E-state index >= 15 is 0 Å². The summed E-state index contributed by atoms with van der Waals surface area (Å²) in [5.41, 5.74) is 1.16. The summed E-state index contributed by atoms with van der Waals surface area (Å²) >= 11 is 0. The fourth-order valence-electron chi connectivity index (χ4n) is 0.378. The molecule has 0 spiro atoms. The zero-order chi connectivity index (χ0) is 7.98. The van der Waals surface area contributed by atoms with E-state index in [0.29, 0.717) is 5.92 Å². The van der Waals surface area contributed by atoms with Crippen LogP contribution in [0.4, 0.5) is 0 Å². The molecular formula is C8H16N2. The minimum absolute atomic E-state index is 0.543. The van der Waals surface area contributed by atoms with Gasteiger partial charge < -0.3 is 5.32 Å². The van der Waals surface area contributed by atoms with Crippen molar-refractivity contribution in [3.05, 3.63) is 12.4 Å². The van der Waals surface area contributed by atoms with Crippen molar-refractivity contribution in [2.24, 2.45) is 10.9 Å². The SMILES string of the molecule is CN/C=C\N=C(/C)C(C)C. The first-order chi connectivity index (χ1) is 4.68. The monoisotopic (exact) mass is 140 g/mol. The fourth-order valence-corrected chi connectivity index (χ4v) is 0.378. The Kier molecular flexibility index (Phi) is 4.63. The molecule has 0 atom stereocenters. The van der Waals surface area contributed by atoms with Crippen LogP contribution in [0, 0.1) is 5.92 Å². The van der Waals surface area contributed by atoms with Gasteiger partial charge in [0.1, 0.15) is 0 Å². The molecule has 1 N–H and O–H groups in total. The maximum absolute atomic E-state index is 4.19. The molecule has 0 heterocycles. The van der Waals surface area contributed by atoms with Gasteiger partial charge >= 0.3 is 0 Å². The van der Waals surface area contributed by atoms with Gasteiger partial charge in [-0.2, -0.15) is 0 Å². The molecule has 0 amide bonds. The molecule has 10 heavy (non-hydrogen) atoms. The fraction of sp³-hybridized carbons (Fsp3) is 0.625. The predicted octanol–water partition coefficient (Wildman–Crippen LogP) is 1.79. The zero-order valence-corrected chi connectivity index (χ0v) is 7.18. The molecule has 0 aliphatic heterocycles. The largest absolute Gasteiger partial charge is 0.393 e. The maximum atomic E-state index is 4.19. The predicted molar refractivity (Wildman–Crippen MR) is 46.1 cm³/mol. The van der Waals surface area contributed by atoms with Crippen LogP contribution >= 0.6 is 0 Å². The van der Waals surface area contributed by atoms with Crippen LogP contribution in [0.2, 0.25) is 0 Å². The van der Waals surface area contributed by atoms with Crippen LogP contribution in [0.1, 0.15) is 20.8 Å². The first kappa shape index (κ1) is 9.21. The Bertz CT molecular complexity index is 134. The summed E-state index contributed by atoms with van der Waals surface area (Å²) in [6.07, 6.45) is 3.58. The highest BCUT2D eigenvalue weighted by molar-refractivity contribution is 5.84. The molecular weight excluding hydrogens is 124 g/mol. The summed E-state index contributed by atoms with van der Waals surface area (Å²) in [7, 11) is 1.86. The van der Waals surface area contributed by atoms with Gasteiger partial charge in [-0.3, -0.25) is 4.99 Å². The highest BCUT2D eigenvalue weighted by Gasteiger charge is 1.93. The summed E-state index contributed by atoms with van der Waals surface area (Å²) in [5, 5.41) is 2.87. The third kappa shape index (κ3) is 4.13. The summed E-state index contributed by atoms with van der Waals surface area (Å²) in [6, 6.07) is 0. The van der Waals surface area contributed by atoms with Crippen LogP contribution in [-0.4, -0.2) is 12.8 Å². The van der Waals surface area contributed by atoms with Gasteiger partial charge in [0.25, 0.3) is 0 Å². The van der Waals surface area contributed by atoms with Gasteiger partial charge in [0.05, 0.1) is 0 Å². The Hall–Kier alpha value is -0.790. The minimum atomic E-state index is 0.543. The van der Waals surface area contributed by atoms with Gasteiger partial charge in [-0.1, -0.05) is 13.8 Å². The lowest BCUT2D eigenvalue weighted by molar-refractivity contribution is 0.878. The number of nitrogens with one attached hydrogen (secondary N) is 1. The van der Waals surface area contributed by atoms with E-state index in [1.165, 1.54) is 0 Å². The molecule has 0 fully saturated rings. The molecule has 0 aromatic heterocycles. The van der Waals surface area contributed by atoms with Crippen LogP contribution in [0.3, 0.4) is 0 Å². The lowest BCUT2D eigenvalue weighted by atomic mass is 10.1. The lowest BCUT2D eigenvalue weighted by Gasteiger charge is -1.99. The molecule has 2 nitrogen and oxygen atoms in total. The summed E-state index contributed by atoms with van der Waals surface area (Å²) in [4.78, 5) is 4.19. The van der Waals surface area contributed by atoms with Gasteiger partial charge in [-0.05, 0) is 12.8 Å². The second-order valence-electron chi connectivity index (χ2n) is 2.53. The van der Waals surface area contributed by atoms with Gasteiger partial charge in [0.2, 0.25) is 0 Å². The number of hydrogen-bond donors (Lipinski definition) is 1. The Labute approximate surface area is 63.0 Å². The van der Waals surface area contributed by atoms with E-state index in [0.717, 1.165) is 5.71 Å². The molecule has 0 unspecified atom stereocenters. The van der Waals surface area contributed by atoms with Gasteiger partial charge in [0.15, 0.2) is 0 Å². The Morgan fingerprint density at radius 2 is 2.10 bits per heavy atom. The Morgan fingerprint density at radius 3 is 2.50 bits per heavy atom. The molecule has 0 aliphatic rings. The van der Waals surface area contributed by atoms with Gasteiger partial charge in [-0.25, -0.2) is 0 Å². The first-order valence-corrected chi connectivity index (χ1v) is 3.55. The smallest absolute Gasteiger partial charge is 0.0423 e. The summed E-state index contributed by atoms with van der Waals surface area (Å²) < 4.78 is 0. The Balaban J connectivity index is 3.79. The first-order valence-electron chi connectivity index (χ1n) is 3.55. The van der Waals surface area contributed by atoms with Crippen LogP contribution in [0.5, 0.6) is 0 Å². The molecule has 0 rings (SSSR count). The van der Waals surface area contributed by atoms with E-state index < -0.39 is 0 Å². The number of nitrogens with zero attached hydrogens (tertiary/aromatic N) is 1. The van der Waals surface area contributed by atoms with Crippen molar-refractivity contribution in [3.8, 4) is 0 Å². The topological polar surface area (TPSA) is 24.4 Å². The second kappa shape index (κ2) is 5.03. The van der Waals surface area contributed by atoms with Crippen LogP contribution in [0.25, 0.3) is 0 Å².